The Bertz CT molecular complexity index is 185. The highest BCUT2D eigenvalue weighted by atomic mass is 32.2. The third-order valence-electron chi connectivity index (χ3n) is 2.78. The van der Waals surface area contributed by atoms with E-state index < -0.39 is 0 Å². The van der Waals surface area contributed by atoms with Crippen LogP contribution in [0.25, 0.3) is 0 Å². The molecule has 0 spiro atoms. The molecular formula is C11H20S2. The molecular weight excluding hydrogens is 196 g/mol. The van der Waals surface area contributed by atoms with E-state index in [9.17, 15) is 0 Å². The second-order valence-corrected chi connectivity index (χ2v) is 6.00. The van der Waals surface area contributed by atoms with Crippen LogP contribution in [-0.2, 0) is 0 Å². The largest absolute Gasteiger partial charge is 0.161 e. The quantitative estimate of drug-likeness (QED) is 0.658. The second kappa shape index (κ2) is 5.35. The second-order valence-electron chi connectivity index (χ2n) is 3.91. The van der Waals surface area contributed by atoms with Gasteiger partial charge in [0.1, 0.15) is 0 Å². The molecule has 0 aromatic rings. The van der Waals surface area contributed by atoms with Crippen molar-refractivity contribution < 1.29 is 0 Å². The van der Waals surface area contributed by atoms with Gasteiger partial charge in [0, 0.05) is 10.5 Å². The smallest absolute Gasteiger partial charge is 0.0346 e. The first-order valence-corrected chi connectivity index (χ1v) is 7.52. The lowest BCUT2D eigenvalue weighted by Gasteiger charge is -2.29. The van der Waals surface area contributed by atoms with Crippen molar-refractivity contribution in [3.05, 3.63) is 11.6 Å². The van der Waals surface area contributed by atoms with E-state index in [2.05, 4.69) is 32.4 Å². The van der Waals surface area contributed by atoms with E-state index in [-0.39, 0.29) is 0 Å². The van der Waals surface area contributed by atoms with E-state index in [4.69, 9.17) is 0 Å². The van der Waals surface area contributed by atoms with E-state index in [0.717, 1.165) is 16.4 Å². The van der Waals surface area contributed by atoms with Crippen LogP contribution >= 0.6 is 23.5 Å². The summed E-state index contributed by atoms with van der Waals surface area (Å²) < 4.78 is 0. The Morgan fingerprint density at radius 3 is 2.46 bits per heavy atom. The van der Waals surface area contributed by atoms with Gasteiger partial charge in [-0.25, -0.2) is 0 Å². The molecule has 0 bridgehead atoms. The zero-order valence-electron chi connectivity index (χ0n) is 9.04. The molecule has 0 unspecified atom stereocenters. The van der Waals surface area contributed by atoms with Crippen molar-refractivity contribution >= 4 is 23.5 Å². The van der Waals surface area contributed by atoms with Gasteiger partial charge in [-0.05, 0) is 31.3 Å². The van der Waals surface area contributed by atoms with Gasteiger partial charge in [-0.1, -0.05) is 25.5 Å². The third-order valence-corrected chi connectivity index (χ3v) is 5.09. The molecule has 0 saturated carbocycles. The lowest BCUT2D eigenvalue weighted by molar-refractivity contribution is 0.635. The fourth-order valence-corrected chi connectivity index (χ4v) is 3.95. The van der Waals surface area contributed by atoms with E-state index in [1.54, 1.807) is 5.57 Å². The van der Waals surface area contributed by atoms with Crippen LogP contribution in [0, 0.1) is 5.92 Å². The van der Waals surface area contributed by atoms with Crippen molar-refractivity contribution in [3.63, 3.8) is 0 Å². The first kappa shape index (κ1) is 11.5. The van der Waals surface area contributed by atoms with Gasteiger partial charge in [-0.2, -0.15) is 23.5 Å². The highest BCUT2D eigenvalue weighted by molar-refractivity contribution is 8.03. The Morgan fingerprint density at radius 1 is 1.31 bits per heavy atom. The number of thioether (sulfide) groups is 2. The average molecular weight is 216 g/mol. The van der Waals surface area contributed by atoms with Gasteiger partial charge in [-0.3, -0.25) is 0 Å². The van der Waals surface area contributed by atoms with Crippen molar-refractivity contribution in [3.8, 4) is 0 Å². The Kier molecular flexibility index (Phi) is 4.74. The van der Waals surface area contributed by atoms with Crippen LogP contribution in [-0.4, -0.2) is 23.0 Å². The van der Waals surface area contributed by atoms with Crippen molar-refractivity contribution in [2.24, 2.45) is 5.92 Å². The molecule has 0 radical (unpaired) electrons. The molecule has 0 aromatic carbocycles. The molecule has 0 amide bonds. The normalized spacial score (nSPS) is 29.2. The molecule has 76 valence electrons. The summed E-state index contributed by atoms with van der Waals surface area (Å²) >= 11 is 4.03. The molecule has 1 aliphatic carbocycles. The number of allylic oxidation sites excluding steroid dienone is 1. The standard InChI is InChI=1S/C11H20S2/c1-8(2)9-5-6-10(12-3)11(7-9)13-4/h7-8,10-11H,5-6H2,1-4H3/t10-,11-/m1/s1. The van der Waals surface area contributed by atoms with E-state index >= 15 is 0 Å². The maximum absolute atomic E-state index is 2.51. The van der Waals surface area contributed by atoms with Crippen molar-refractivity contribution in [1.82, 2.24) is 0 Å². The van der Waals surface area contributed by atoms with Gasteiger partial charge in [0.05, 0.1) is 0 Å². The van der Waals surface area contributed by atoms with Gasteiger partial charge in [0.2, 0.25) is 0 Å². The summed E-state index contributed by atoms with van der Waals surface area (Å²) in [6.07, 6.45) is 9.67. The minimum absolute atomic E-state index is 0.748. The monoisotopic (exact) mass is 216 g/mol. The van der Waals surface area contributed by atoms with Crippen LogP contribution in [0.5, 0.6) is 0 Å². The maximum Gasteiger partial charge on any atom is 0.0346 e. The van der Waals surface area contributed by atoms with Crippen LogP contribution in [0.3, 0.4) is 0 Å². The molecule has 0 nitrogen and oxygen atoms in total. The summed E-state index contributed by atoms with van der Waals surface area (Å²) in [5.41, 5.74) is 1.67. The van der Waals surface area contributed by atoms with E-state index in [1.807, 2.05) is 23.5 Å². The first-order valence-electron chi connectivity index (χ1n) is 4.95. The highest BCUT2D eigenvalue weighted by Gasteiger charge is 2.23. The third kappa shape index (κ3) is 2.95. The topological polar surface area (TPSA) is 0 Å². The molecule has 0 aliphatic heterocycles. The van der Waals surface area contributed by atoms with Crippen molar-refractivity contribution in [2.45, 2.75) is 37.2 Å². The average Bonchev–Trinajstić information content (AvgIpc) is 2.16. The van der Waals surface area contributed by atoms with Gasteiger partial charge in [-0.15, -0.1) is 0 Å². The molecule has 0 aromatic heterocycles. The van der Waals surface area contributed by atoms with E-state index in [1.165, 1.54) is 12.8 Å². The fraction of sp³-hybridized carbons (Fsp3) is 0.818. The van der Waals surface area contributed by atoms with Crippen LogP contribution in [0.2, 0.25) is 0 Å². The summed E-state index contributed by atoms with van der Waals surface area (Å²) in [5.74, 6) is 0.748. The fourth-order valence-electron chi connectivity index (χ4n) is 1.83. The molecule has 0 fully saturated rings. The molecule has 1 rings (SSSR count). The van der Waals surface area contributed by atoms with E-state index in [0.29, 0.717) is 0 Å². The SMILES string of the molecule is CS[C@@H]1C=C(C(C)C)CC[C@H]1SC. The van der Waals surface area contributed by atoms with Crippen LogP contribution < -0.4 is 0 Å². The molecule has 2 atom stereocenters. The zero-order chi connectivity index (χ0) is 9.84. The highest BCUT2D eigenvalue weighted by Crippen LogP contribution is 2.35. The van der Waals surface area contributed by atoms with Gasteiger partial charge in [0.25, 0.3) is 0 Å². The lowest BCUT2D eigenvalue weighted by Crippen LogP contribution is -2.23. The number of rotatable bonds is 3. The molecule has 1 aliphatic rings. The van der Waals surface area contributed by atoms with Crippen molar-refractivity contribution in [1.29, 1.82) is 0 Å². The summed E-state index contributed by atoms with van der Waals surface area (Å²) in [7, 11) is 0. The maximum atomic E-state index is 2.51. The number of hydrogen-bond acceptors (Lipinski definition) is 2. The predicted molar refractivity (Wildman–Crippen MR) is 66.8 cm³/mol. The van der Waals surface area contributed by atoms with Gasteiger partial charge >= 0.3 is 0 Å². The molecule has 13 heavy (non-hydrogen) atoms. The lowest BCUT2D eigenvalue weighted by atomic mass is 9.91. The Morgan fingerprint density at radius 2 is 2.00 bits per heavy atom. The molecule has 0 heterocycles. The number of hydrogen-bond donors (Lipinski definition) is 0. The molecule has 0 N–H and O–H groups in total. The van der Waals surface area contributed by atoms with Crippen LogP contribution in [0.4, 0.5) is 0 Å². The van der Waals surface area contributed by atoms with Crippen LogP contribution in [0.15, 0.2) is 11.6 Å². The van der Waals surface area contributed by atoms with Crippen molar-refractivity contribution in [2.75, 3.05) is 12.5 Å². The Balaban J connectivity index is 2.67. The predicted octanol–water partition coefficient (Wildman–Crippen LogP) is 3.83. The minimum atomic E-state index is 0.748. The Labute approximate surface area is 90.9 Å². The zero-order valence-corrected chi connectivity index (χ0v) is 10.7. The minimum Gasteiger partial charge on any atom is -0.161 e. The van der Waals surface area contributed by atoms with Gasteiger partial charge in [0.15, 0.2) is 0 Å². The summed E-state index contributed by atoms with van der Waals surface area (Å²) in [6, 6.07) is 0. The molecule has 0 saturated heterocycles. The summed E-state index contributed by atoms with van der Waals surface area (Å²) in [4.78, 5) is 0. The van der Waals surface area contributed by atoms with Gasteiger partial charge < -0.3 is 0 Å². The summed E-state index contributed by atoms with van der Waals surface area (Å²) in [5, 5.41) is 1.60. The first-order chi connectivity index (χ1) is 6.19. The molecule has 2 heteroatoms. The van der Waals surface area contributed by atoms with Crippen LogP contribution in [0.1, 0.15) is 26.7 Å². The summed E-state index contributed by atoms with van der Waals surface area (Å²) in [6.45, 7) is 4.62. The Hall–Kier alpha value is 0.440.